The standard InChI is InChI=1S/C27H26N6O5/c1-38-20-4-2-3-17(13-20)25(34)31-18-9-5-15(6-10-18)21-26(35)33(19-11-7-16(8-12-19)27(36)37)24-22(32-21)23(28)29-14-30-24/h2-6,9-10,13-14,16,19H,7-8,11-12H2,1H3,(H,31,34)(H,36,37)(H2,28,29,30). The topological polar surface area (TPSA) is 162 Å². The zero-order chi connectivity index (χ0) is 26.8. The van der Waals surface area contributed by atoms with E-state index in [2.05, 4.69) is 20.3 Å². The van der Waals surface area contributed by atoms with Gasteiger partial charge >= 0.3 is 5.97 Å². The molecule has 0 bridgehead atoms. The monoisotopic (exact) mass is 514 g/mol. The minimum atomic E-state index is -0.818. The average molecular weight is 515 g/mol. The van der Waals surface area contributed by atoms with Crippen molar-refractivity contribution in [3.63, 3.8) is 0 Å². The van der Waals surface area contributed by atoms with Crippen molar-refractivity contribution in [2.45, 2.75) is 31.7 Å². The number of anilines is 2. The highest BCUT2D eigenvalue weighted by molar-refractivity contribution is 6.04. The lowest BCUT2D eigenvalue weighted by molar-refractivity contribution is -0.143. The molecule has 5 rings (SSSR count). The van der Waals surface area contributed by atoms with Crippen molar-refractivity contribution in [3.8, 4) is 17.0 Å². The van der Waals surface area contributed by atoms with Gasteiger partial charge in [0.2, 0.25) is 0 Å². The first-order chi connectivity index (χ1) is 18.4. The molecule has 1 fully saturated rings. The van der Waals surface area contributed by atoms with Gasteiger partial charge in [-0.3, -0.25) is 19.0 Å². The Morgan fingerprint density at radius 1 is 1.08 bits per heavy atom. The maximum atomic E-state index is 13.7. The molecule has 0 unspecified atom stereocenters. The number of ether oxygens (including phenoxy) is 1. The first-order valence-corrected chi connectivity index (χ1v) is 12.2. The fourth-order valence-corrected chi connectivity index (χ4v) is 4.82. The second kappa shape index (κ2) is 10.3. The molecule has 0 atom stereocenters. The summed E-state index contributed by atoms with van der Waals surface area (Å²) in [6, 6.07) is 13.3. The van der Waals surface area contributed by atoms with Gasteiger partial charge in [-0.25, -0.2) is 15.0 Å². The molecular weight excluding hydrogens is 488 g/mol. The molecule has 194 valence electrons. The van der Waals surface area contributed by atoms with Gasteiger partial charge in [0.25, 0.3) is 11.5 Å². The van der Waals surface area contributed by atoms with E-state index >= 15 is 0 Å². The van der Waals surface area contributed by atoms with Crippen molar-refractivity contribution in [1.29, 1.82) is 0 Å². The van der Waals surface area contributed by atoms with Gasteiger partial charge in [0.05, 0.1) is 13.0 Å². The number of amides is 1. The highest BCUT2D eigenvalue weighted by Crippen LogP contribution is 2.34. The number of rotatable bonds is 6. The van der Waals surface area contributed by atoms with Crippen LogP contribution < -0.4 is 21.3 Å². The van der Waals surface area contributed by atoms with Crippen LogP contribution in [0.1, 0.15) is 42.1 Å². The molecule has 0 aliphatic heterocycles. The van der Waals surface area contributed by atoms with Crippen LogP contribution >= 0.6 is 0 Å². The molecule has 1 saturated carbocycles. The number of hydrogen-bond acceptors (Lipinski definition) is 8. The Hall–Kier alpha value is -4.80. The summed E-state index contributed by atoms with van der Waals surface area (Å²) in [6.07, 6.45) is 3.27. The molecule has 1 amide bonds. The number of carbonyl (C=O) groups is 2. The Labute approximate surface area is 217 Å². The number of carboxylic acids is 1. The molecule has 2 heterocycles. The number of fused-ring (bicyclic) bond motifs is 1. The summed E-state index contributed by atoms with van der Waals surface area (Å²) in [6.45, 7) is 0. The number of hydrogen-bond donors (Lipinski definition) is 3. The summed E-state index contributed by atoms with van der Waals surface area (Å²) in [5.41, 5.74) is 8.08. The van der Waals surface area contributed by atoms with E-state index in [1.165, 1.54) is 13.4 Å². The SMILES string of the molecule is COc1cccc(C(=O)Nc2ccc(-c3nc4c(N)ncnc4n(C4CCC(C(=O)O)CC4)c3=O)cc2)c1. The molecule has 2 aromatic heterocycles. The summed E-state index contributed by atoms with van der Waals surface area (Å²) in [5.74, 6) is -0.822. The van der Waals surface area contributed by atoms with Crippen LogP contribution in [0, 0.1) is 5.92 Å². The molecular formula is C27H26N6O5. The minimum absolute atomic E-state index is 0.145. The van der Waals surface area contributed by atoms with E-state index in [-0.39, 0.29) is 29.0 Å². The average Bonchev–Trinajstić information content (AvgIpc) is 2.93. The Bertz CT molecular complexity index is 1580. The van der Waals surface area contributed by atoms with Crippen LogP contribution in [-0.2, 0) is 4.79 Å². The number of nitrogens with two attached hydrogens (primary N) is 1. The number of benzene rings is 2. The second-order valence-electron chi connectivity index (χ2n) is 9.17. The molecule has 0 radical (unpaired) electrons. The van der Waals surface area contributed by atoms with Gasteiger partial charge in [0.1, 0.15) is 23.3 Å². The van der Waals surface area contributed by atoms with Crippen molar-refractivity contribution in [1.82, 2.24) is 19.5 Å². The summed E-state index contributed by atoms with van der Waals surface area (Å²) in [4.78, 5) is 50.6. The number of nitrogens with one attached hydrogen (secondary N) is 1. The maximum absolute atomic E-state index is 13.7. The fourth-order valence-electron chi connectivity index (χ4n) is 4.82. The van der Waals surface area contributed by atoms with Crippen LogP contribution in [0.2, 0.25) is 0 Å². The quantitative estimate of drug-likeness (QED) is 0.349. The highest BCUT2D eigenvalue weighted by Gasteiger charge is 2.29. The molecule has 38 heavy (non-hydrogen) atoms. The number of carbonyl (C=O) groups excluding carboxylic acids is 1. The van der Waals surface area contributed by atoms with Crippen molar-refractivity contribution in [3.05, 3.63) is 70.8 Å². The number of nitrogen functional groups attached to an aromatic ring is 1. The summed E-state index contributed by atoms with van der Waals surface area (Å²) < 4.78 is 6.75. The minimum Gasteiger partial charge on any atom is -0.497 e. The molecule has 4 aromatic rings. The summed E-state index contributed by atoms with van der Waals surface area (Å²) in [7, 11) is 1.53. The van der Waals surface area contributed by atoms with Crippen LogP contribution in [0.4, 0.5) is 11.5 Å². The predicted octanol–water partition coefficient (Wildman–Crippen LogP) is 3.51. The number of aromatic nitrogens is 4. The Morgan fingerprint density at radius 2 is 1.82 bits per heavy atom. The van der Waals surface area contributed by atoms with Gasteiger partial charge in [0.15, 0.2) is 11.5 Å². The van der Waals surface area contributed by atoms with Gasteiger partial charge < -0.3 is 20.9 Å². The van der Waals surface area contributed by atoms with Crippen LogP contribution in [0.25, 0.3) is 22.4 Å². The molecule has 11 nitrogen and oxygen atoms in total. The first-order valence-electron chi connectivity index (χ1n) is 12.2. The van der Waals surface area contributed by atoms with E-state index in [0.29, 0.717) is 59.4 Å². The lowest BCUT2D eigenvalue weighted by atomic mass is 9.86. The maximum Gasteiger partial charge on any atom is 0.306 e. The van der Waals surface area contributed by atoms with Crippen LogP contribution in [0.15, 0.2) is 59.7 Å². The van der Waals surface area contributed by atoms with Gasteiger partial charge in [-0.05, 0) is 56.0 Å². The zero-order valence-electron chi connectivity index (χ0n) is 20.6. The van der Waals surface area contributed by atoms with E-state index < -0.39 is 11.9 Å². The van der Waals surface area contributed by atoms with Crippen molar-refractivity contribution < 1.29 is 19.4 Å². The third-order valence-corrected chi connectivity index (χ3v) is 6.86. The first kappa shape index (κ1) is 24.9. The van der Waals surface area contributed by atoms with Crippen molar-refractivity contribution in [2.75, 3.05) is 18.2 Å². The van der Waals surface area contributed by atoms with Crippen molar-refractivity contribution >= 4 is 34.5 Å². The smallest absolute Gasteiger partial charge is 0.306 e. The van der Waals surface area contributed by atoms with Gasteiger partial charge in [0, 0.05) is 22.9 Å². The second-order valence-corrected chi connectivity index (χ2v) is 9.17. The van der Waals surface area contributed by atoms with Crippen LogP contribution in [0.3, 0.4) is 0 Å². The third-order valence-electron chi connectivity index (χ3n) is 6.86. The van der Waals surface area contributed by atoms with Crippen LogP contribution in [-0.4, -0.2) is 43.6 Å². The Kier molecular flexibility index (Phi) is 6.73. The molecule has 0 spiro atoms. The lowest BCUT2D eigenvalue weighted by Gasteiger charge is -2.28. The highest BCUT2D eigenvalue weighted by atomic mass is 16.5. The number of aliphatic carboxylic acids is 1. The number of nitrogens with zero attached hydrogens (tertiary/aromatic N) is 4. The zero-order valence-corrected chi connectivity index (χ0v) is 20.6. The van der Waals surface area contributed by atoms with E-state index in [1.807, 2.05) is 0 Å². The molecule has 4 N–H and O–H groups in total. The van der Waals surface area contributed by atoms with E-state index in [1.54, 1.807) is 53.1 Å². The van der Waals surface area contributed by atoms with Crippen molar-refractivity contribution in [2.24, 2.45) is 5.92 Å². The Morgan fingerprint density at radius 3 is 2.50 bits per heavy atom. The summed E-state index contributed by atoms with van der Waals surface area (Å²) in [5, 5.41) is 12.2. The molecule has 2 aromatic carbocycles. The number of carboxylic acid groups (broad SMARTS) is 1. The van der Waals surface area contributed by atoms with Crippen LogP contribution in [0.5, 0.6) is 5.75 Å². The van der Waals surface area contributed by atoms with E-state index in [9.17, 15) is 19.5 Å². The summed E-state index contributed by atoms with van der Waals surface area (Å²) >= 11 is 0. The van der Waals surface area contributed by atoms with E-state index in [0.717, 1.165) is 0 Å². The Balaban J connectivity index is 1.47. The molecule has 11 heteroatoms. The van der Waals surface area contributed by atoms with E-state index in [4.69, 9.17) is 10.5 Å². The predicted molar refractivity (Wildman–Crippen MR) is 141 cm³/mol. The largest absolute Gasteiger partial charge is 0.497 e. The van der Waals surface area contributed by atoms with Gasteiger partial charge in [-0.2, -0.15) is 0 Å². The molecule has 0 saturated heterocycles. The lowest BCUT2D eigenvalue weighted by Crippen LogP contribution is -2.32. The van der Waals surface area contributed by atoms with Gasteiger partial charge in [-0.1, -0.05) is 18.2 Å². The molecule has 1 aliphatic rings. The normalized spacial score (nSPS) is 17.2. The number of methoxy groups -OCH3 is 1. The third kappa shape index (κ3) is 4.77. The fraction of sp³-hybridized carbons (Fsp3) is 0.259. The molecule has 1 aliphatic carbocycles. The van der Waals surface area contributed by atoms with Gasteiger partial charge in [-0.15, -0.1) is 0 Å².